The van der Waals surface area contributed by atoms with Crippen LogP contribution in [-0.4, -0.2) is 52.2 Å². The third kappa shape index (κ3) is 4.58. The molecule has 7 heteroatoms. The van der Waals surface area contributed by atoms with E-state index in [0.29, 0.717) is 22.3 Å². The number of carbonyl (C=O) groups is 1. The zero-order valence-electron chi connectivity index (χ0n) is 16.0. The third-order valence-corrected chi connectivity index (χ3v) is 5.56. The molecule has 0 saturated carbocycles. The van der Waals surface area contributed by atoms with Crippen molar-refractivity contribution in [2.24, 2.45) is 0 Å². The van der Waals surface area contributed by atoms with Crippen molar-refractivity contribution in [2.75, 3.05) is 51.1 Å². The summed E-state index contributed by atoms with van der Waals surface area (Å²) in [6.45, 7) is 1.43. The van der Waals surface area contributed by atoms with Crippen LogP contribution in [0.25, 0.3) is 10.2 Å². The predicted octanol–water partition coefficient (Wildman–Crippen LogP) is 2.81. The molecule has 1 aromatic heterocycles. The summed E-state index contributed by atoms with van der Waals surface area (Å²) in [5, 5.41) is 1.38. The molecule has 0 radical (unpaired) electrons. The van der Waals surface area contributed by atoms with Gasteiger partial charge in [0.05, 0.1) is 37.4 Å². The number of hydrogen-bond acceptors (Lipinski definition) is 4. The highest BCUT2D eigenvalue weighted by Gasteiger charge is 2.22. The first kappa shape index (κ1) is 19.6. The molecule has 0 unspecified atom stereocenters. The van der Waals surface area contributed by atoms with Crippen molar-refractivity contribution in [1.29, 1.82) is 0 Å². The van der Waals surface area contributed by atoms with Crippen molar-refractivity contribution in [3.05, 3.63) is 53.1 Å². The molecule has 5 nitrogen and oxygen atoms in total. The number of nitrogens with zero attached hydrogens (tertiary/aromatic N) is 3. The van der Waals surface area contributed by atoms with Crippen molar-refractivity contribution < 1.29 is 9.69 Å². The minimum absolute atomic E-state index is 0.0355. The number of benzene rings is 2. The van der Waals surface area contributed by atoms with E-state index >= 15 is 0 Å². The molecule has 0 aliphatic rings. The summed E-state index contributed by atoms with van der Waals surface area (Å²) in [5.74, 6) is -0.0355. The molecule has 0 aliphatic heterocycles. The highest BCUT2D eigenvalue weighted by atomic mass is 35.5. The van der Waals surface area contributed by atoms with Gasteiger partial charge in [-0.05, 0) is 42.5 Å². The van der Waals surface area contributed by atoms with E-state index in [2.05, 4.69) is 19.1 Å². The number of carbonyl (C=O) groups excluding carboxylic acids is 1. The van der Waals surface area contributed by atoms with Crippen molar-refractivity contribution in [3.63, 3.8) is 0 Å². The zero-order valence-corrected chi connectivity index (χ0v) is 17.6. The molecule has 0 atom stereocenters. The number of likely N-dealkylation sites (N-methyl/N-ethyl adjacent to an activating group) is 1. The number of quaternary nitrogens is 1. The lowest BCUT2D eigenvalue weighted by atomic mass is 10.1. The van der Waals surface area contributed by atoms with Crippen LogP contribution in [0.15, 0.2) is 42.5 Å². The minimum atomic E-state index is -0.0355. The van der Waals surface area contributed by atoms with Crippen LogP contribution in [0, 0.1) is 0 Å². The lowest BCUT2D eigenvalue weighted by Gasteiger charge is -2.21. The van der Waals surface area contributed by atoms with Crippen LogP contribution < -0.4 is 14.7 Å². The molecule has 3 rings (SSSR count). The van der Waals surface area contributed by atoms with Gasteiger partial charge in [-0.15, -0.1) is 0 Å². The van der Waals surface area contributed by atoms with Crippen LogP contribution in [-0.2, 0) is 0 Å². The molecule has 0 aliphatic carbocycles. The second-order valence-corrected chi connectivity index (χ2v) is 8.41. The molecule has 0 fully saturated rings. The van der Waals surface area contributed by atoms with E-state index in [9.17, 15) is 4.79 Å². The summed E-state index contributed by atoms with van der Waals surface area (Å²) in [4.78, 5) is 23.0. The smallest absolute Gasteiger partial charge is 0.260 e. The molecule has 1 amide bonds. The molecule has 2 aromatic carbocycles. The quantitative estimate of drug-likeness (QED) is 0.688. The molecule has 1 heterocycles. The number of anilines is 2. The van der Waals surface area contributed by atoms with Gasteiger partial charge in [0.15, 0.2) is 5.13 Å². The highest BCUT2D eigenvalue weighted by Crippen LogP contribution is 2.31. The minimum Gasteiger partial charge on any atom is -0.378 e. The van der Waals surface area contributed by atoms with Gasteiger partial charge in [0.2, 0.25) is 0 Å². The van der Waals surface area contributed by atoms with E-state index in [-0.39, 0.29) is 5.91 Å². The largest absolute Gasteiger partial charge is 0.378 e. The van der Waals surface area contributed by atoms with Crippen LogP contribution in [0.5, 0.6) is 0 Å². The van der Waals surface area contributed by atoms with Crippen molar-refractivity contribution in [3.8, 4) is 0 Å². The Morgan fingerprint density at radius 3 is 2.48 bits per heavy atom. The second kappa shape index (κ2) is 8.25. The molecule has 0 saturated heterocycles. The molecular formula is C20H24ClN4OS+. The van der Waals surface area contributed by atoms with Gasteiger partial charge in [-0.1, -0.05) is 22.9 Å². The topological polar surface area (TPSA) is 40.9 Å². The maximum Gasteiger partial charge on any atom is 0.260 e. The van der Waals surface area contributed by atoms with Gasteiger partial charge in [0, 0.05) is 30.4 Å². The number of nitrogens with one attached hydrogen (secondary N) is 1. The van der Waals surface area contributed by atoms with E-state index in [1.165, 1.54) is 16.2 Å². The Morgan fingerprint density at radius 1 is 1.15 bits per heavy atom. The number of thiazole rings is 1. The fourth-order valence-electron chi connectivity index (χ4n) is 2.68. The molecule has 3 aromatic rings. The molecule has 0 spiro atoms. The summed E-state index contributed by atoms with van der Waals surface area (Å²) in [5.41, 5.74) is 2.58. The average Bonchev–Trinajstić information content (AvgIpc) is 3.04. The number of halogens is 1. The fourth-order valence-corrected chi connectivity index (χ4v) is 3.95. The third-order valence-electron chi connectivity index (χ3n) is 4.28. The highest BCUT2D eigenvalue weighted by molar-refractivity contribution is 7.22. The summed E-state index contributed by atoms with van der Waals surface area (Å²) >= 11 is 7.59. The Balaban J connectivity index is 1.94. The van der Waals surface area contributed by atoms with Gasteiger partial charge in [0.25, 0.3) is 5.91 Å². The first-order valence-electron chi connectivity index (χ1n) is 8.79. The van der Waals surface area contributed by atoms with Crippen LogP contribution in [0.4, 0.5) is 10.8 Å². The lowest BCUT2D eigenvalue weighted by Crippen LogP contribution is -3.06. The summed E-state index contributed by atoms with van der Waals surface area (Å²) in [6.07, 6.45) is 0. The Morgan fingerprint density at radius 2 is 1.85 bits per heavy atom. The number of fused-ring (bicyclic) bond motifs is 1. The van der Waals surface area contributed by atoms with Gasteiger partial charge in [-0.2, -0.15) is 0 Å². The van der Waals surface area contributed by atoms with E-state index in [0.717, 1.165) is 22.4 Å². The first-order valence-corrected chi connectivity index (χ1v) is 9.99. The molecular weight excluding hydrogens is 380 g/mol. The van der Waals surface area contributed by atoms with Gasteiger partial charge < -0.3 is 9.80 Å². The maximum atomic E-state index is 13.2. The lowest BCUT2D eigenvalue weighted by molar-refractivity contribution is -0.856. The first-order chi connectivity index (χ1) is 12.8. The van der Waals surface area contributed by atoms with Crippen molar-refractivity contribution >= 4 is 49.9 Å². The fraction of sp³-hybridized carbons (Fsp3) is 0.300. The zero-order chi connectivity index (χ0) is 19.6. The Labute approximate surface area is 168 Å². The van der Waals surface area contributed by atoms with Crippen molar-refractivity contribution in [1.82, 2.24) is 4.98 Å². The van der Waals surface area contributed by atoms with Crippen molar-refractivity contribution in [2.45, 2.75) is 0 Å². The van der Waals surface area contributed by atoms with E-state index < -0.39 is 0 Å². The molecule has 27 heavy (non-hydrogen) atoms. The van der Waals surface area contributed by atoms with Crippen LogP contribution >= 0.6 is 22.9 Å². The Hall–Kier alpha value is -2.15. The number of aromatic nitrogens is 1. The summed E-state index contributed by atoms with van der Waals surface area (Å²) in [6, 6.07) is 13.3. The number of amides is 1. The molecule has 1 N–H and O–H groups in total. The van der Waals surface area contributed by atoms with E-state index in [1.807, 2.05) is 61.5 Å². The second-order valence-electron chi connectivity index (χ2n) is 6.96. The normalized spacial score (nSPS) is 11.2. The predicted molar refractivity (Wildman–Crippen MR) is 115 cm³/mol. The van der Waals surface area contributed by atoms with Crippen LogP contribution in [0.3, 0.4) is 0 Å². The average molecular weight is 404 g/mol. The molecule has 142 valence electrons. The van der Waals surface area contributed by atoms with E-state index in [4.69, 9.17) is 11.6 Å². The van der Waals surface area contributed by atoms with Gasteiger partial charge in [0.1, 0.15) is 0 Å². The van der Waals surface area contributed by atoms with Gasteiger partial charge >= 0.3 is 0 Å². The molecule has 0 bridgehead atoms. The maximum absolute atomic E-state index is 13.2. The summed E-state index contributed by atoms with van der Waals surface area (Å²) in [7, 11) is 8.11. The van der Waals surface area contributed by atoms with Gasteiger partial charge in [-0.3, -0.25) is 9.69 Å². The SMILES string of the molecule is CN(C)c1ccc(C(=O)N(CC[NH+](C)C)c2nc3ccc(Cl)cc3s2)cc1. The van der Waals surface area contributed by atoms with Crippen LogP contribution in [0.1, 0.15) is 10.4 Å². The van der Waals surface area contributed by atoms with E-state index in [1.54, 1.807) is 4.90 Å². The Kier molecular flexibility index (Phi) is 5.99. The standard InChI is InChI=1S/C20H23ClN4OS/c1-23(2)11-12-25(19(26)14-5-8-16(9-6-14)24(3)4)20-22-17-10-7-15(21)13-18(17)27-20/h5-10,13H,11-12H2,1-4H3/p+1. The van der Waals surface area contributed by atoms with Crippen LogP contribution in [0.2, 0.25) is 5.02 Å². The number of rotatable bonds is 6. The van der Waals surface area contributed by atoms with Gasteiger partial charge in [-0.25, -0.2) is 4.98 Å². The Bertz CT molecular complexity index is 937. The summed E-state index contributed by atoms with van der Waals surface area (Å²) < 4.78 is 0.982. The monoisotopic (exact) mass is 403 g/mol. The number of hydrogen-bond donors (Lipinski definition) is 1.